The molecule has 0 aromatic carbocycles. The van der Waals surface area contributed by atoms with E-state index in [1.54, 1.807) is 12.3 Å². The maximum absolute atomic E-state index is 10.6. The van der Waals surface area contributed by atoms with Gasteiger partial charge in [-0.25, -0.2) is 0 Å². The first-order chi connectivity index (χ1) is 6.09. The minimum absolute atomic E-state index is 0.170. The van der Waals surface area contributed by atoms with Crippen LogP contribution in [0.2, 0.25) is 0 Å². The summed E-state index contributed by atoms with van der Waals surface area (Å²) in [5.41, 5.74) is 12.6. The summed E-state index contributed by atoms with van der Waals surface area (Å²) in [6, 6.07) is 3.33. The Balaban J connectivity index is 2.76. The molecule has 4 N–H and O–H groups in total. The second-order valence-corrected chi connectivity index (χ2v) is 3.01. The van der Waals surface area contributed by atoms with Crippen molar-refractivity contribution >= 4 is 5.91 Å². The van der Waals surface area contributed by atoms with Gasteiger partial charge in [0.05, 0.1) is 0 Å². The van der Waals surface area contributed by atoms with Crippen molar-refractivity contribution in [2.75, 3.05) is 0 Å². The van der Waals surface area contributed by atoms with E-state index in [1.165, 1.54) is 0 Å². The lowest BCUT2D eigenvalue weighted by atomic mass is 10.1. The Labute approximate surface area is 77.0 Å². The Morgan fingerprint density at radius 3 is 2.92 bits per heavy atom. The zero-order valence-electron chi connectivity index (χ0n) is 7.53. The third-order valence-electron chi connectivity index (χ3n) is 1.77. The maximum atomic E-state index is 10.6. The van der Waals surface area contributed by atoms with E-state index in [9.17, 15) is 4.79 Å². The predicted molar refractivity (Wildman–Crippen MR) is 49.7 cm³/mol. The van der Waals surface area contributed by atoms with Gasteiger partial charge in [-0.2, -0.15) is 0 Å². The summed E-state index contributed by atoms with van der Waals surface area (Å²) in [6.07, 6.45) is 1.84. The minimum atomic E-state index is -0.387. The number of amides is 1. The summed E-state index contributed by atoms with van der Waals surface area (Å²) in [4.78, 5) is 14.6. The molecule has 70 valence electrons. The van der Waals surface area contributed by atoms with Crippen molar-refractivity contribution in [2.45, 2.75) is 19.4 Å². The summed E-state index contributed by atoms with van der Waals surface area (Å²) in [7, 11) is 0. The fourth-order valence-corrected chi connectivity index (χ4v) is 1.13. The first-order valence-electron chi connectivity index (χ1n) is 4.06. The molecule has 0 radical (unpaired) electrons. The average molecular weight is 179 g/mol. The molecule has 0 saturated heterocycles. The summed E-state index contributed by atoms with van der Waals surface area (Å²) in [5.74, 6) is -0.387. The van der Waals surface area contributed by atoms with Gasteiger partial charge in [-0.15, -0.1) is 0 Å². The third kappa shape index (κ3) is 2.83. The Morgan fingerprint density at radius 1 is 1.69 bits per heavy atom. The van der Waals surface area contributed by atoms with Gasteiger partial charge in [-0.1, -0.05) is 0 Å². The molecular formula is C9H13N3O. The molecule has 1 atom stereocenters. The normalized spacial score (nSPS) is 12.5. The zero-order valence-corrected chi connectivity index (χ0v) is 7.53. The highest BCUT2D eigenvalue weighted by atomic mass is 16.1. The standard InChI is InChI=1S/C9H13N3O/c1-6-4-7(2-3-12-6)8(10)5-9(11)13/h2-4,8H,5,10H2,1H3,(H2,11,13). The maximum Gasteiger partial charge on any atom is 0.219 e. The first-order valence-corrected chi connectivity index (χ1v) is 4.06. The molecule has 13 heavy (non-hydrogen) atoms. The first kappa shape index (κ1) is 9.67. The SMILES string of the molecule is Cc1cc(C(N)CC(N)=O)ccn1. The second kappa shape index (κ2) is 4.00. The van der Waals surface area contributed by atoms with Crippen molar-refractivity contribution in [3.05, 3.63) is 29.6 Å². The molecule has 0 fully saturated rings. The molecule has 1 rings (SSSR count). The van der Waals surface area contributed by atoms with Crippen LogP contribution in [-0.4, -0.2) is 10.9 Å². The molecule has 1 amide bonds. The van der Waals surface area contributed by atoms with Gasteiger partial charge in [-0.3, -0.25) is 9.78 Å². The van der Waals surface area contributed by atoms with Gasteiger partial charge in [0.25, 0.3) is 0 Å². The molecule has 4 nitrogen and oxygen atoms in total. The molecule has 1 aromatic rings. The van der Waals surface area contributed by atoms with Crippen molar-refractivity contribution in [3.63, 3.8) is 0 Å². The van der Waals surface area contributed by atoms with Gasteiger partial charge < -0.3 is 11.5 Å². The van der Waals surface area contributed by atoms with Crippen LogP contribution in [0.15, 0.2) is 18.3 Å². The fourth-order valence-electron chi connectivity index (χ4n) is 1.13. The van der Waals surface area contributed by atoms with Crippen molar-refractivity contribution in [2.24, 2.45) is 11.5 Å². The Bertz CT molecular complexity index is 311. The Hall–Kier alpha value is -1.42. The van der Waals surface area contributed by atoms with E-state index < -0.39 is 0 Å². The van der Waals surface area contributed by atoms with Crippen LogP contribution in [0.4, 0.5) is 0 Å². The number of aromatic nitrogens is 1. The van der Waals surface area contributed by atoms with Crippen LogP contribution in [0, 0.1) is 6.92 Å². The molecule has 1 heterocycles. The van der Waals surface area contributed by atoms with Crippen LogP contribution in [0.1, 0.15) is 23.7 Å². The fraction of sp³-hybridized carbons (Fsp3) is 0.333. The number of rotatable bonds is 3. The summed E-state index contributed by atoms with van der Waals surface area (Å²) in [6.45, 7) is 1.88. The number of pyridine rings is 1. The number of primary amides is 1. The lowest BCUT2D eigenvalue weighted by Gasteiger charge is -2.09. The number of nitrogens with zero attached hydrogens (tertiary/aromatic N) is 1. The molecule has 0 bridgehead atoms. The van der Waals surface area contributed by atoms with E-state index in [2.05, 4.69) is 4.98 Å². The Kier molecular flexibility index (Phi) is 2.97. The number of carbonyl (C=O) groups excluding carboxylic acids is 1. The predicted octanol–water partition coefficient (Wildman–Crippen LogP) is 0.265. The third-order valence-corrected chi connectivity index (χ3v) is 1.77. The van der Waals surface area contributed by atoms with Crippen LogP contribution in [0.25, 0.3) is 0 Å². The molecule has 0 aliphatic rings. The van der Waals surface area contributed by atoms with Gasteiger partial charge in [-0.05, 0) is 24.6 Å². The second-order valence-electron chi connectivity index (χ2n) is 3.01. The van der Waals surface area contributed by atoms with E-state index in [0.29, 0.717) is 0 Å². The highest BCUT2D eigenvalue weighted by Gasteiger charge is 2.08. The van der Waals surface area contributed by atoms with Gasteiger partial charge in [0.2, 0.25) is 5.91 Å². The van der Waals surface area contributed by atoms with Gasteiger partial charge >= 0.3 is 0 Å². The number of nitrogens with two attached hydrogens (primary N) is 2. The number of carbonyl (C=O) groups is 1. The van der Waals surface area contributed by atoms with E-state index in [1.807, 2.05) is 13.0 Å². The number of hydrogen-bond acceptors (Lipinski definition) is 3. The van der Waals surface area contributed by atoms with Crippen molar-refractivity contribution in [1.82, 2.24) is 4.98 Å². The molecule has 0 saturated carbocycles. The average Bonchev–Trinajstić information content (AvgIpc) is 2.03. The Morgan fingerprint density at radius 2 is 2.38 bits per heavy atom. The quantitative estimate of drug-likeness (QED) is 0.698. The van der Waals surface area contributed by atoms with Crippen molar-refractivity contribution in [1.29, 1.82) is 0 Å². The molecule has 0 aliphatic heterocycles. The van der Waals surface area contributed by atoms with E-state index in [-0.39, 0.29) is 18.4 Å². The molecule has 1 aromatic heterocycles. The van der Waals surface area contributed by atoms with Gasteiger partial charge in [0, 0.05) is 24.4 Å². The number of aryl methyl sites for hydroxylation is 1. The van der Waals surface area contributed by atoms with Gasteiger partial charge in [0.1, 0.15) is 0 Å². The van der Waals surface area contributed by atoms with E-state index in [0.717, 1.165) is 11.3 Å². The molecule has 1 unspecified atom stereocenters. The lowest BCUT2D eigenvalue weighted by Crippen LogP contribution is -2.20. The van der Waals surface area contributed by atoms with Crippen LogP contribution >= 0.6 is 0 Å². The smallest absolute Gasteiger partial charge is 0.219 e. The molecule has 4 heteroatoms. The van der Waals surface area contributed by atoms with E-state index >= 15 is 0 Å². The van der Waals surface area contributed by atoms with Crippen molar-refractivity contribution < 1.29 is 4.79 Å². The van der Waals surface area contributed by atoms with Crippen LogP contribution in [0.3, 0.4) is 0 Å². The molecule has 0 spiro atoms. The molecule has 0 aliphatic carbocycles. The van der Waals surface area contributed by atoms with Crippen LogP contribution in [-0.2, 0) is 4.79 Å². The highest BCUT2D eigenvalue weighted by Crippen LogP contribution is 2.13. The van der Waals surface area contributed by atoms with Crippen LogP contribution in [0.5, 0.6) is 0 Å². The minimum Gasteiger partial charge on any atom is -0.370 e. The largest absolute Gasteiger partial charge is 0.370 e. The zero-order chi connectivity index (χ0) is 9.84. The molecular weight excluding hydrogens is 166 g/mol. The summed E-state index contributed by atoms with van der Waals surface area (Å²) >= 11 is 0. The monoisotopic (exact) mass is 179 g/mol. The highest BCUT2D eigenvalue weighted by molar-refractivity contribution is 5.74. The van der Waals surface area contributed by atoms with Gasteiger partial charge in [0.15, 0.2) is 0 Å². The lowest BCUT2D eigenvalue weighted by molar-refractivity contribution is -0.118. The summed E-state index contributed by atoms with van der Waals surface area (Å²) in [5, 5.41) is 0. The summed E-state index contributed by atoms with van der Waals surface area (Å²) < 4.78 is 0. The van der Waals surface area contributed by atoms with Crippen LogP contribution < -0.4 is 11.5 Å². The topological polar surface area (TPSA) is 82.0 Å². The van der Waals surface area contributed by atoms with E-state index in [4.69, 9.17) is 11.5 Å². The van der Waals surface area contributed by atoms with Crippen molar-refractivity contribution in [3.8, 4) is 0 Å². The number of hydrogen-bond donors (Lipinski definition) is 2.